The van der Waals surface area contributed by atoms with Gasteiger partial charge in [0.1, 0.15) is 5.41 Å². The molecule has 0 amide bonds. The number of hydrogen-bond acceptors (Lipinski definition) is 4. The molecule has 1 aromatic rings. The first-order valence-corrected chi connectivity index (χ1v) is 7.38. The number of rotatable bonds is 3. The van der Waals surface area contributed by atoms with Crippen LogP contribution in [0.3, 0.4) is 0 Å². The van der Waals surface area contributed by atoms with Gasteiger partial charge in [0.15, 0.2) is 0 Å². The van der Waals surface area contributed by atoms with E-state index in [0.717, 1.165) is 0 Å². The van der Waals surface area contributed by atoms with Crippen LogP contribution >= 0.6 is 0 Å². The largest absolute Gasteiger partial charge is 0.480 e. The van der Waals surface area contributed by atoms with Gasteiger partial charge in [-0.1, -0.05) is 29.8 Å². The Labute approximate surface area is 116 Å². The molecule has 0 saturated carbocycles. The maximum Gasteiger partial charge on any atom is 0.318 e. The van der Waals surface area contributed by atoms with Crippen molar-refractivity contribution in [1.82, 2.24) is 0 Å². The van der Waals surface area contributed by atoms with Crippen molar-refractivity contribution in [3.8, 4) is 0 Å². The fourth-order valence-electron chi connectivity index (χ4n) is 2.49. The van der Waals surface area contributed by atoms with Gasteiger partial charge in [-0.2, -0.15) is 8.42 Å². The monoisotopic (exact) mass is 297 g/mol. The number of benzene rings is 1. The van der Waals surface area contributed by atoms with Gasteiger partial charge in [-0.25, -0.2) is 0 Å². The van der Waals surface area contributed by atoms with E-state index < -0.39 is 32.4 Å². The van der Waals surface area contributed by atoms with Crippen LogP contribution in [0.15, 0.2) is 35.2 Å². The van der Waals surface area contributed by atoms with Crippen LogP contribution < -0.4 is 5.73 Å². The van der Waals surface area contributed by atoms with Gasteiger partial charge in [0.05, 0.1) is 4.90 Å². The van der Waals surface area contributed by atoms with Crippen molar-refractivity contribution in [2.75, 3.05) is 0 Å². The van der Waals surface area contributed by atoms with Gasteiger partial charge in [0, 0.05) is 6.04 Å². The summed E-state index contributed by atoms with van der Waals surface area (Å²) in [6.45, 7) is 1.71. The predicted octanol–water partition coefficient (Wildman–Crippen LogP) is 0.851. The van der Waals surface area contributed by atoms with Crippen LogP contribution in [0.4, 0.5) is 0 Å². The summed E-state index contributed by atoms with van der Waals surface area (Å²) in [7, 11) is -4.51. The van der Waals surface area contributed by atoms with E-state index >= 15 is 0 Å². The summed E-state index contributed by atoms with van der Waals surface area (Å²) in [6, 6.07) is 3.70. The predicted molar refractivity (Wildman–Crippen MR) is 72.0 cm³/mol. The lowest BCUT2D eigenvalue weighted by molar-refractivity contribution is -0.142. The average Bonchev–Trinajstić information content (AvgIpc) is 2.71. The fraction of sp³-hybridized carbons (Fsp3) is 0.308. The topological polar surface area (TPSA) is 118 Å². The normalized spacial score (nSPS) is 25.9. The van der Waals surface area contributed by atoms with Gasteiger partial charge in [-0.3, -0.25) is 9.35 Å². The molecule has 0 bridgehead atoms. The number of carboxylic acids is 1. The quantitative estimate of drug-likeness (QED) is 0.562. The molecule has 2 rings (SSSR count). The molecule has 0 radical (unpaired) electrons. The lowest BCUT2D eigenvalue weighted by Gasteiger charge is -2.26. The zero-order valence-corrected chi connectivity index (χ0v) is 11.6. The maximum absolute atomic E-state index is 11.7. The van der Waals surface area contributed by atoms with E-state index in [1.54, 1.807) is 6.92 Å². The van der Waals surface area contributed by atoms with Crippen molar-refractivity contribution >= 4 is 16.1 Å². The zero-order valence-electron chi connectivity index (χ0n) is 10.8. The van der Waals surface area contributed by atoms with Gasteiger partial charge in [0.25, 0.3) is 10.1 Å². The molecule has 1 aliphatic carbocycles. The molecule has 0 unspecified atom stereocenters. The van der Waals surface area contributed by atoms with Crippen molar-refractivity contribution in [3.63, 3.8) is 0 Å². The lowest BCUT2D eigenvalue weighted by Crippen LogP contribution is -2.36. The van der Waals surface area contributed by atoms with E-state index in [0.29, 0.717) is 5.56 Å². The minimum atomic E-state index is -4.51. The summed E-state index contributed by atoms with van der Waals surface area (Å²) in [5.74, 6) is -1.20. The maximum atomic E-state index is 11.7. The van der Waals surface area contributed by atoms with Gasteiger partial charge < -0.3 is 10.8 Å². The van der Waals surface area contributed by atoms with E-state index in [-0.39, 0.29) is 12.0 Å². The van der Waals surface area contributed by atoms with Gasteiger partial charge in [-0.05, 0) is 25.0 Å². The van der Waals surface area contributed by atoms with Gasteiger partial charge in [0.2, 0.25) is 0 Å². The highest BCUT2D eigenvalue weighted by atomic mass is 32.2. The average molecular weight is 297 g/mol. The smallest absolute Gasteiger partial charge is 0.318 e. The molecular weight excluding hydrogens is 282 g/mol. The molecule has 2 atom stereocenters. The number of nitrogens with two attached hydrogens (primary N) is 1. The number of hydrogen-bond donors (Lipinski definition) is 3. The summed E-state index contributed by atoms with van der Waals surface area (Å²) in [6.07, 6.45) is 2.97. The van der Waals surface area contributed by atoms with Crippen LogP contribution in [0.2, 0.25) is 0 Å². The second-order valence-corrected chi connectivity index (χ2v) is 6.37. The van der Waals surface area contributed by atoms with Crippen LogP contribution in [-0.2, 0) is 20.3 Å². The van der Waals surface area contributed by atoms with Crippen LogP contribution in [-0.4, -0.2) is 30.1 Å². The SMILES string of the molecule is Cc1ccc(S(=O)(=O)O)c([C@]2(C(=O)O)C=C[C@@H](N)C2)c1. The third-order valence-corrected chi connectivity index (χ3v) is 4.37. The highest BCUT2D eigenvalue weighted by Crippen LogP contribution is 2.39. The first kappa shape index (κ1) is 14.7. The Morgan fingerprint density at radius 2 is 2.10 bits per heavy atom. The third kappa shape index (κ3) is 2.35. The Bertz CT molecular complexity index is 695. The summed E-state index contributed by atoms with van der Waals surface area (Å²) < 4.78 is 32.3. The molecular formula is C13H15NO5S. The molecule has 6 nitrogen and oxygen atoms in total. The van der Waals surface area contributed by atoms with Gasteiger partial charge >= 0.3 is 5.97 Å². The lowest BCUT2D eigenvalue weighted by atomic mass is 9.79. The van der Waals surface area contributed by atoms with Crippen LogP contribution in [0.25, 0.3) is 0 Å². The standard InChI is InChI=1S/C13H15NO5S/c1-8-2-3-11(20(17,18)19)10(6-8)13(12(15)16)5-4-9(14)7-13/h2-6,9H,7,14H2,1H3,(H,15,16)(H,17,18,19)/t9-,13+/m1/s1. The van der Waals surface area contributed by atoms with Crippen molar-refractivity contribution in [2.45, 2.75) is 29.7 Å². The van der Waals surface area contributed by atoms with Crippen LogP contribution in [0, 0.1) is 6.92 Å². The Morgan fingerprint density at radius 1 is 1.45 bits per heavy atom. The summed E-state index contributed by atoms with van der Waals surface area (Å²) >= 11 is 0. The number of aryl methyl sites for hydroxylation is 1. The van der Waals surface area contributed by atoms with E-state index in [1.165, 1.54) is 30.4 Å². The van der Waals surface area contributed by atoms with E-state index in [1.807, 2.05) is 0 Å². The third-order valence-electron chi connectivity index (χ3n) is 3.46. The minimum absolute atomic E-state index is 0.0386. The van der Waals surface area contributed by atoms with E-state index in [4.69, 9.17) is 5.73 Å². The molecule has 0 heterocycles. The molecule has 4 N–H and O–H groups in total. The molecule has 7 heteroatoms. The Hall–Kier alpha value is -1.70. The molecule has 20 heavy (non-hydrogen) atoms. The first-order valence-electron chi connectivity index (χ1n) is 5.94. The van der Waals surface area contributed by atoms with Gasteiger partial charge in [-0.15, -0.1) is 0 Å². The fourth-order valence-corrected chi connectivity index (χ4v) is 3.25. The Morgan fingerprint density at radius 3 is 2.55 bits per heavy atom. The summed E-state index contributed by atoms with van der Waals surface area (Å²) in [5.41, 5.74) is 4.92. The highest BCUT2D eigenvalue weighted by molar-refractivity contribution is 7.85. The zero-order chi connectivity index (χ0) is 15.1. The summed E-state index contributed by atoms with van der Waals surface area (Å²) in [5, 5.41) is 9.53. The number of carbonyl (C=O) groups is 1. The first-order chi connectivity index (χ1) is 9.17. The minimum Gasteiger partial charge on any atom is -0.480 e. The summed E-state index contributed by atoms with van der Waals surface area (Å²) in [4.78, 5) is 11.3. The van der Waals surface area contributed by atoms with Crippen LogP contribution in [0.5, 0.6) is 0 Å². The molecule has 108 valence electrons. The second-order valence-electron chi connectivity index (χ2n) is 4.98. The molecule has 0 fully saturated rings. The number of carboxylic acid groups (broad SMARTS) is 1. The second kappa shape index (κ2) is 4.69. The Kier molecular flexibility index (Phi) is 3.45. The molecule has 1 aromatic carbocycles. The number of aliphatic carboxylic acids is 1. The highest BCUT2D eigenvalue weighted by Gasteiger charge is 2.45. The van der Waals surface area contributed by atoms with Crippen LogP contribution in [0.1, 0.15) is 17.5 Å². The van der Waals surface area contributed by atoms with Crippen molar-refractivity contribution < 1.29 is 22.9 Å². The van der Waals surface area contributed by atoms with Crippen molar-refractivity contribution in [2.24, 2.45) is 5.73 Å². The molecule has 0 saturated heterocycles. The Balaban J connectivity index is 2.76. The van der Waals surface area contributed by atoms with Crippen molar-refractivity contribution in [3.05, 3.63) is 41.5 Å². The van der Waals surface area contributed by atoms with Crippen molar-refractivity contribution in [1.29, 1.82) is 0 Å². The molecule has 0 spiro atoms. The van der Waals surface area contributed by atoms with E-state index in [9.17, 15) is 22.9 Å². The molecule has 0 aromatic heterocycles. The molecule has 0 aliphatic heterocycles. The van der Waals surface area contributed by atoms with E-state index in [2.05, 4.69) is 0 Å². The molecule has 1 aliphatic rings.